The van der Waals surface area contributed by atoms with Crippen LogP contribution in [0.5, 0.6) is 0 Å². The molecular formula is C51H30N4O. The summed E-state index contributed by atoms with van der Waals surface area (Å²) in [5.41, 5.74) is 12.8. The monoisotopic (exact) mass is 714 g/mol. The molecule has 0 N–H and O–H groups in total. The van der Waals surface area contributed by atoms with Gasteiger partial charge in [0.05, 0.1) is 11.0 Å². The van der Waals surface area contributed by atoms with Crippen molar-refractivity contribution in [3.8, 4) is 73.4 Å². The Bertz CT molecular complexity index is 3290. The number of benzene rings is 8. The average Bonchev–Trinajstić information content (AvgIpc) is 3.81. The quantitative estimate of drug-likeness (QED) is 0.178. The lowest BCUT2D eigenvalue weighted by atomic mass is 9.92. The second-order valence-corrected chi connectivity index (χ2v) is 14.3. The van der Waals surface area contributed by atoms with E-state index in [1.807, 2.05) is 60.7 Å². The molecule has 1 aliphatic rings. The van der Waals surface area contributed by atoms with Crippen molar-refractivity contribution < 1.29 is 4.42 Å². The average molecular weight is 715 g/mol. The number of aromatic nitrogens is 4. The van der Waals surface area contributed by atoms with Gasteiger partial charge in [0.15, 0.2) is 17.5 Å². The van der Waals surface area contributed by atoms with Crippen LogP contribution in [0.3, 0.4) is 0 Å². The van der Waals surface area contributed by atoms with Gasteiger partial charge in [0.1, 0.15) is 11.3 Å². The molecule has 5 nitrogen and oxygen atoms in total. The molecule has 0 spiro atoms. The van der Waals surface area contributed by atoms with Crippen LogP contribution in [-0.2, 0) is 0 Å². The largest absolute Gasteiger partial charge is 0.455 e. The van der Waals surface area contributed by atoms with E-state index in [9.17, 15) is 0 Å². The SMILES string of the molecule is c1ccc(-c2nc(-c3ccccc3)nc(-c3cccc(-n4c5cccc6c5c5c7c(c(-c8ccccc8)oc7c7ccccc7c54)-c4ccccc4-6)c3)n2)cc1. The van der Waals surface area contributed by atoms with E-state index in [0.29, 0.717) is 17.5 Å². The molecule has 11 aromatic rings. The number of hydrogen-bond acceptors (Lipinski definition) is 4. The maximum Gasteiger partial charge on any atom is 0.164 e. The Balaban J connectivity index is 1.19. The van der Waals surface area contributed by atoms with E-state index in [0.717, 1.165) is 72.0 Å². The van der Waals surface area contributed by atoms with E-state index in [1.54, 1.807) is 0 Å². The van der Waals surface area contributed by atoms with Crippen molar-refractivity contribution in [2.24, 2.45) is 0 Å². The third-order valence-electron chi connectivity index (χ3n) is 11.2. The molecular weight excluding hydrogens is 685 g/mol. The van der Waals surface area contributed by atoms with Gasteiger partial charge in [0, 0.05) is 60.4 Å². The highest BCUT2D eigenvalue weighted by molar-refractivity contribution is 6.38. The lowest BCUT2D eigenvalue weighted by Crippen LogP contribution is -2.01. The van der Waals surface area contributed by atoms with Crippen molar-refractivity contribution in [1.29, 1.82) is 0 Å². The van der Waals surface area contributed by atoms with Crippen molar-refractivity contribution in [1.82, 2.24) is 19.5 Å². The molecule has 1 aliphatic carbocycles. The summed E-state index contributed by atoms with van der Waals surface area (Å²) in [6.45, 7) is 0. The van der Waals surface area contributed by atoms with Crippen LogP contribution in [0.2, 0.25) is 0 Å². The maximum absolute atomic E-state index is 7.09. The van der Waals surface area contributed by atoms with Crippen LogP contribution in [0.15, 0.2) is 186 Å². The first kappa shape index (κ1) is 30.8. The third-order valence-corrected chi connectivity index (χ3v) is 11.2. The third kappa shape index (κ3) is 4.46. The first-order valence-electron chi connectivity index (χ1n) is 18.9. The molecule has 8 aromatic carbocycles. The van der Waals surface area contributed by atoms with E-state index in [4.69, 9.17) is 19.4 Å². The van der Waals surface area contributed by atoms with Gasteiger partial charge in [-0.3, -0.25) is 0 Å². The van der Waals surface area contributed by atoms with Gasteiger partial charge in [0.25, 0.3) is 0 Å². The van der Waals surface area contributed by atoms with Crippen LogP contribution < -0.4 is 0 Å². The zero-order chi connectivity index (χ0) is 36.7. The molecule has 0 amide bonds. The number of furan rings is 1. The van der Waals surface area contributed by atoms with Gasteiger partial charge in [0.2, 0.25) is 0 Å². The lowest BCUT2D eigenvalue weighted by Gasteiger charge is -2.14. The summed E-state index contributed by atoms with van der Waals surface area (Å²) in [7, 11) is 0. The first-order chi connectivity index (χ1) is 27.8. The first-order valence-corrected chi connectivity index (χ1v) is 18.9. The summed E-state index contributed by atoms with van der Waals surface area (Å²) < 4.78 is 9.52. The van der Waals surface area contributed by atoms with Crippen LogP contribution in [0.1, 0.15) is 0 Å². The van der Waals surface area contributed by atoms with E-state index in [2.05, 4.69) is 126 Å². The van der Waals surface area contributed by atoms with E-state index < -0.39 is 0 Å². The van der Waals surface area contributed by atoms with Gasteiger partial charge in [-0.15, -0.1) is 0 Å². The summed E-state index contributed by atoms with van der Waals surface area (Å²) in [5.74, 6) is 2.78. The summed E-state index contributed by atoms with van der Waals surface area (Å²) in [5, 5.41) is 5.77. The lowest BCUT2D eigenvalue weighted by molar-refractivity contribution is 0.636. The Morgan fingerprint density at radius 1 is 0.393 bits per heavy atom. The summed E-state index contributed by atoms with van der Waals surface area (Å²) in [4.78, 5) is 15.1. The van der Waals surface area contributed by atoms with Gasteiger partial charge in [-0.1, -0.05) is 164 Å². The second-order valence-electron chi connectivity index (χ2n) is 14.3. The molecule has 0 aliphatic heterocycles. The highest BCUT2D eigenvalue weighted by Crippen LogP contribution is 2.55. The van der Waals surface area contributed by atoms with Crippen LogP contribution in [0.4, 0.5) is 0 Å². The summed E-state index contributed by atoms with van der Waals surface area (Å²) in [6, 6.07) is 63.5. The van der Waals surface area contributed by atoms with Gasteiger partial charge in [-0.2, -0.15) is 0 Å². The Morgan fingerprint density at radius 2 is 0.929 bits per heavy atom. The number of rotatable bonds is 5. The topological polar surface area (TPSA) is 56.7 Å². The van der Waals surface area contributed by atoms with E-state index in [1.165, 1.54) is 27.5 Å². The molecule has 0 fully saturated rings. The predicted molar refractivity (Wildman–Crippen MR) is 228 cm³/mol. The molecule has 0 saturated heterocycles. The molecule has 3 aromatic heterocycles. The Morgan fingerprint density at radius 3 is 1.62 bits per heavy atom. The van der Waals surface area contributed by atoms with E-state index in [-0.39, 0.29) is 0 Å². The molecule has 0 bridgehead atoms. The summed E-state index contributed by atoms with van der Waals surface area (Å²) >= 11 is 0. The Hall–Kier alpha value is -7.63. The smallest absolute Gasteiger partial charge is 0.164 e. The molecule has 0 atom stereocenters. The maximum atomic E-state index is 7.09. The summed E-state index contributed by atoms with van der Waals surface area (Å²) in [6.07, 6.45) is 0. The van der Waals surface area contributed by atoms with E-state index >= 15 is 0 Å². The second kappa shape index (κ2) is 11.9. The van der Waals surface area contributed by atoms with Gasteiger partial charge < -0.3 is 8.98 Å². The minimum atomic E-state index is 0.618. The van der Waals surface area contributed by atoms with Crippen molar-refractivity contribution in [3.63, 3.8) is 0 Å². The molecule has 260 valence electrons. The highest BCUT2D eigenvalue weighted by atomic mass is 16.3. The van der Waals surface area contributed by atoms with Crippen molar-refractivity contribution in [2.45, 2.75) is 0 Å². The Kier molecular flexibility index (Phi) is 6.56. The fraction of sp³-hybridized carbons (Fsp3) is 0. The Labute approximate surface area is 321 Å². The molecule has 5 heteroatoms. The van der Waals surface area contributed by atoms with Gasteiger partial charge in [-0.05, 0) is 34.9 Å². The van der Waals surface area contributed by atoms with Crippen molar-refractivity contribution in [3.05, 3.63) is 182 Å². The van der Waals surface area contributed by atoms with Crippen LogP contribution >= 0.6 is 0 Å². The molecule has 56 heavy (non-hydrogen) atoms. The fourth-order valence-corrected chi connectivity index (χ4v) is 8.79. The van der Waals surface area contributed by atoms with Gasteiger partial charge >= 0.3 is 0 Å². The predicted octanol–water partition coefficient (Wildman–Crippen LogP) is 13.2. The molecule has 12 rings (SSSR count). The minimum absolute atomic E-state index is 0.618. The normalized spacial score (nSPS) is 11.9. The van der Waals surface area contributed by atoms with Gasteiger partial charge in [-0.25, -0.2) is 15.0 Å². The standard InChI is InChI=1S/C51H30N4O/c1-4-16-31(17-5-1)47-43-38-25-11-10-24-36(38)37-28-15-29-41-42(37)44-45(43)48(56-47)40-27-13-12-26-39(40)46(44)55(41)35-23-14-22-34(30-35)51-53-49(32-18-6-2-7-19-32)52-50(54-51)33-20-8-3-9-21-33/h1-30H. The van der Waals surface area contributed by atoms with Crippen LogP contribution in [0, 0.1) is 0 Å². The molecule has 0 radical (unpaired) electrons. The zero-order valence-corrected chi connectivity index (χ0v) is 30.0. The number of fused-ring (bicyclic) bond motifs is 6. The van der Waals surface area contributed by atoms with Crippen LogP contribution in [-0.4, -0.2) is 19.5 Å². The van der Waals surface area contributed by atoms with Crippen molar-refractivity contribution in [2.75, 3.05) is 0 Å². The van der Waals surface area contributed by atoms with Crippen molar-refractivity contribution >= 4 is 43.5 Å². The molecule has 0 saturated carbocycles. The minimum Gasteiger partial charge on any atom is -0.455 e. The molecule has 3 heterocycles. The van der Waals surface area contributed by atoms with Crippen LogP contribution in [0.25, 0.3) is 117 Å². The molecule has 0 unspecified atom stereocenters. The fourth-order valence-electron chi connectivity index (χ4n) is 8.79. The highest BCUT2D eigenvalue weighted by Gasteiger charge is 2.31. The number of hydrogen-bond donors (Lipinski definition) is 0. The zero-order valence-electron chi connectivity index (χ0n) is 30.0. The number of nitrogens with zero attached hydrogens (tertiary/aromatic N) is 4.